The van der Waals surface area contributed by atoms with E-state index in [0.29, 0.717) is 18.2 Å². The van der Waals surface area contributed by atoms with E-state index in [1.807, 2.05) is 60.7 Å². The number of anilines is 2. The van der Waals surface area contributed by atoms with Crippen molar-refractivity contribution in [3.63, 3.8) is 0 Å². The van der Waals surface area contributed by atoms with Gasteiger partial charge in [0.2, 0.25) is 0 Å². The smallest absolute Gasteiger partial charge is 0.199 e. The number of aromatic nitrogens is 4. The number of hydrogen-bond acceptors (Lipinski definition) is 5. The van der Waals surface area contributed by atoms with Crippen molar-refractivity contribution in [3.05, 3.63) is 84.6 Å². The molecule has 0 fully saturated rings. The van der Waals surface area contributed by atoms with Gasteiger partial charge in [0.25, 0.3) is 0 Å². The zero-order chi connectivity index (χ0) is 20.1. The molecule has 0 saturated heterocycles. The van der Waals surface area contributed by atoms with Gasteiger partial charge in [-0.2, -0.15) is 10.1 Å². The average Bonchev–Trinajstić information content (AvgIpc) is 3.15. The molecule has 144 valence electrons. The zero-order valence-corrected chi connectivity index (χ0v) is 15.6. The fourth-order valence-electron chi connectivity index (χ4n) is 2.85. The Morgan fingerprint density at radius 2 is 1.72 bits per heavy atom. The van der Waals surface area contributed by atoms with Gasteiger partial charge in [-0.15, -0.1) is 10.2 Å². The van der Waals surface area contributed by atoms with Gasteiger partial charge in [0.1, 0.15) is 5.82 Å². The number of nitrogen functional groups attached to an aromatic ring is 1. The van der Waals surface area contributed by atoms with Crippen molar-refractivity contribution >= 4 is 23.3 Å². The molecule has 0 spiro atoms. The molecule has 0 amide bonds. The summed E-state index contributed by atoms with van der Waals surface area (Å²) in [6, 6.07) is 23.0. The minimum absolute atomic E-state index is 0.215. The van der Waals surface area contributed by atoms with Gasteiger partial charge in [0.15, 0.2) is 11.8 Å². The number of para-hydroxylation sites is 1. The Labute approximate surface area is 167 Å². The predicted octanol–water partition coefficient (Wildman–Crippen LogP) is 3.03. The van der Waals surface area contributed by atoms with E-state index in [1.165, 1.54) is 0 Å². The van der Waals surface area contributed by atoms with E-state index in [2.05, 4.69) is 25.6 Å². The highest BCUT2D eigenvalue weighted by Gasteiger charge is 2.07. The first kappa shape index (κ1) is 18.2. The standard InChI is InChI=1S/C21H20N8/c22-19-12-13-24-29(19)14-16-8-4-5-9-17(16)25-21(23)26-20-11-10-18(27-28-20)15-6-2-1-3-7-15/h1-13H,14,22H2,(H3,23,25,26,28). The first-order valence-electron chi connectivity index (χ1n) is 9.04. The number of nitrogens with two attached hydrogens (primary N) is 2. The molecule has 0 aliphatic heterocycles. The number of benzene rings is 2. The van der Waals surface area contributed by atoms with Crippen molar-refractivity contribution < 1.29 is 0 Å². The van der Waals surface area contributed by atoms with Crippen molar-refractivity contribution in [1.82, 2.24) is 20.0 Å². The van der Waals surface area contributed by atoms with Crippen molar-refractivity contribution in [2.24, 2.45) is 10.7 Å². The van der Waals surface area contributed by atoms with Gasteiger partial charge in [0.05, 0.1) is 18.4 Å². The van der Waals surface area contributed by atoms with Crippen LogP contribution in [0.15, 0.2) is 84.0 Å². The molecule has 29 heavy (non-hydrogen) atoms. The van der Waals surface area contributed by atoms with Gasteiger partial charge in [-0.05, 0) is 29.8 Å². The molecule has 8 nitrogen and oxygen atoms in total. The van der Waals surface area contributed by atoms with Gasteiger partial charge in [0, 0.05) is 11.3 Å². The Bertz CT molecular complexity index is 1120. The molecule has 0 unspecified atom stereocenters. The third kappa shape index (κ3) is 4.38. The quantitative estimate of drug-likeness (QED) is 0.359. The molecule has 8 heteroatoms. The lowest BCUT2D eigenvalue weighted by Gasteiger charge is -2.12. The number of aliphatic imine (C=N–C) groups is 1. The Morgan fingerprint density at radius 3 is 2.45 bits per heavy atom. The second-order valence-corrected chi connectivity index (χ2v) is 6.34. The lowest BCUT2D eigenvalue weighted by Crippen LogP contribution is -2.23. The molecule has 4 aromatic rings. The molecule has 2 heterocycles. The summed E-state index contributed by atoms with van der Waals surface area (Å²) in [4.78, 5) is 4.31. The van der Waals surface area contributed by atoms with Crippen LogP contribution in [0.1, 0.15) is 5.56 Å². The topological polar surface area (TPSA) is 120 Å². The van der Waals surface area contributed by atoms with Crippen LogP contribution in [0.3, 0.4) is 0 Å². The van der Waals surface area contributed by atoms with Gasteiger partial charge >= 0.3 is 0 Å². The third-order valence-electron chi connectivity index (χ3n) is 4.30. The summed E-state index contributed by atoms with van der Waals surface area (Å²) in [6.07, 6.45) is 1.67. The van der Waals surface area contributed by atoms with E-state index >= 15 is 0 Å². The lowest BCUT2D eigenvalue weighted by atomic mass is 10.1. The van der Waals surface area contributed by atoms with Crippen LogP contribution < -0.4 is 16.8 Å². The molecule has 5 N–H and O–H groups in total. The molecule has 2 aromatic heterocycles. The summed E-state index contributed by atoms with van der Waals surface area (Å²) in [5, 5.41) is 15.7. The zero-order valence-electron chi connectivity index (χ0n) is 15.6. The van der Waals surface area contributed by atoms with Crippen LogP contribution in [0.4, 0.5) is 17.3 Å². The minimum atomic E-state index is 0.215. The average molecular weight is 384 g/mol. The van der Waals surface area contributed by atoms with Crippen LogP contribution in [0.2, 0.25) is 0 Å². The largest absolute Gasteiger partial charge is 0.384 e. The Balaban J connectivity index is 1.50. The Morgan fingerprint density at radius 1 is 0.931 bits per heavy atom. The third-order valence-corrected chi connectivity index (χ3v) is 4.30. The van der Waals surface area contributed by atoms with Crippen LogP contribution in [-0.4, -0.2) is 25.9 Å². The summed E-state index contributed by atoms with van der Waals surface area (Å²) < 4.78 is 1.71. The van der Waals surface area contributed by atoms with Crippen molar-refractivity contribution in [2.45, 2.75) is 6.54 Å². The summed E-state index contributed by atoms with van der Waals surface area (Å²) in [7, 11) is 0. The number of guanidine groups is 1. The van der Waals surface area contributed by atoms with Gasteiger partial charge in [-0.1, -0.05) is 48.5 Å². The molecular weight excluding hydrogens is 364 g/mol. The maximum absolute atomic E-state index is 6.08. The minimum Gasteiger partial charge on any atom is -0.384 e. The van der Waals surface area contributed by atoms with E-state index in [9.17, 15) is 0 Å². The second-order valence-electron chi connectivity index (χ2n) is 6.34. The molecule has 0 aliphatic rings. The highest BCUT2D eigenvalue weighted by atomic mass is 15.3. The molecule has 0 radical (unpaired) electrons. The van der Waals surface area contributed by atoms with Gasteiger partial charge in [-0.3, -0.25) is 0 Å². The van der Waals surface area contributed by atoms with E-state index < -0.39 is 0 Å². The van der Waals surface area contributed by atoms with E-state index in [-0.39, 0.29) is 5.96 Å². The molecule has 0 aliphatic carbocycles. The molecule has 0 bridgehead atoms. The molecular formula is C21H20N8. The summed E-state index contributed by atoms with van der Waals surface area (Å²) in [5.41, 5.74) is 15.6. The first-order chi connectivity index (χ1) is 14.2. The van der Waals surface area contributed by atoms with Crippen LogP contribution >= 0.6 is 0 Å². The monoisotopic (exact) mass is 384 g/mol. The van der Waals surface area contributed by atoms with Crippen LogP contribution in [0, 0.1) is 0 Å². The first-order valence-corrected chi connectivity index (χ1v) is 9.04. The normalized spacial score (nSPS) is 11.4. The van der Waals surface area contributed by atoms with Crippen molar-refractivity contribution in [2.75, 3.05) is 11.1 Å². The highest BCUT2D eigenvalue weighted by molar-refractivity contribution is 5.94. The number of nitrogens with one attached hydrogen (secondary N) is 1. The van der Waals surface area contributed by atoms with E-state index in [4.69, 9.17) is 11.5 Å². The fraction of sp³-hybridized carbons (Fsp3) is 0.0476. The Hall–Kier alpha value is -4.20. The van der Waals surface area contributed by atoms with E-state index in [1.54, 1.807) is 23.0 Å². The maximum Gasteiger partial charge on any atom is 0.199 e. The van der Waals surface area contributed by atoms with Crippen molar-refractivity contribution in [1.29, 1.82) is 0 Å². The SMILES string of the molecule is NC(=Nc1ccc(-c2ccccc2)nn1)Nc1ccccc1Cn1nccc1N. The summed E-state index contributed by atoms with van der Waals surface area (Å²) in [6.45, 7) is 0.515. The Kier molecular flexibility index (Phi) is 5.15. The second kappa shape index (κ2) is 8.22. The van der Waals surface area contributed by atoms with Gasteiger partial charge in [-0.25, -0.2) is 4.68 Å². The molecule has 2 aromatic carbocycles. The highest BCUT2D eigenvalue weighted by Crippen LogP contribution is 2.19. The molecule has 0 atom stereocenters. The summed E-state index contributed by atoms with van der Waals surface area (Å²) in [5.74, 6) is 1.23. The molecule has 0 saturated carbocycles. The van der Waals surface area contributed by atoms with Crippen LogP contribution in [-0.2, 0) is 6.54 Å². The predicted molar refractivity (Wildman–Crippen MR) is 115 cm³/mol. The lowest BCUT2D eigenvalue weighted by molar-refractivity contribution is 0.698. The van der Waals surface area contributed by atoms with Crippen LogP contribution in [0.25, 0.3) is 11.3 Å². The molecule has 4 rings (SSSR count). The van der Waals surface area contributed by atoms with Crippen LogP contribution in [0.5, 0.6) is 0 Å². The number of nitrogens with zero attached hydrogens (tertiary/aromatic N) is 5. The fourth-order valence-corrected chi connectivity index (χ4v) is 2.85. The maximum atomic E-state index is 6.08. The summed E-state index contributed by atoms with van der Waals surface area (Å²) >= 11 is 0. The van der Waals surface area contributed by atoms with Gasteiger partial charge < -0.3 is 16.8 Å². The number of hydrogen-bond donors (Lipinski definition) is 3. The van der Waals surface area contributed by atoms with E-state index in [0.717, 1.165) is 22.5 Å². The number of rotatable bonds is 5. The van der Waals surface area contributed by atoms with Crippen molar-refractivity contribution in [3.8, 4) is 11.3 Å².